The highest BCUT2D eigenvalue weighted by atomic mass is 16.6. The topological polar surface area (TPSA) is 60.7 Å². The first kappa shape index (κ1) is 13.5. The molecule has 2 aromatic rings. The number of nitrogens with one attached hydrogen (secondary N) is 1. The third kappa shape index (κ3) is 3.18. The molecule has 0 aliphatic carbocycles. The minimum atomic E-state index is -0.619. The van der Waals surface area contributed by atoms with Crippen molar-refractivity contribution < 1.29 is 18.7 Å². The Labute approximate surface area is 122 Å². The van der Waals surface area contributed by atoms with Gasteiger partial charge in [-0.25, -0.2) is 0 Å². The average molecular weight is 287 g/mol. The molecule has 1 N–H and O–H groups in total. The van der Waals surface area contributed by atoms with Gasteiger partial charge in [0.2, 0.25) is 6.10 Å². The van der Waals surface area contributed by atoms with Gasteiger partial charge >= 0.3 is 0 Å². The SMILES string of the molecule is CC(Cc1ccoc1)NC(=O)C1COc2ccccc2O1. The molecule has 1 aromatic carbocycles. The lowest BCUT2D eigenvalue weighted by Crippen LogP contribution is -2.47. The number of hydrogen-bond acceptors (Lipinski definition) is 4. The Hall–Kier alpha value is -2.43. The van der Waals surface area contributed by atoms with Gasteiger partial charge in [-0.2, -0.15) is 0 Å². The Bertz CT molecular complexity index is 608. The predicted octanol–water partition coefficient (Wildman–Crippen LogP) is 2.17. The molecule has 0 fully saturated rings. The van der Waals surface area contributed by atoms with Crippen molar-refractivity contribution in [2.24, 2.45) is 0 Å². The van der Waals surface area contributed by atoms with Crippen molar-refractivity contribution in [2.75, 3.05) is 6.61 Å². The normalized spacial score (nSPS) is 18.0. The summed E-state index contributed by atoms with van der Waals surface area (Å²) in [6.45, 7) is 2.17. The van der Waals surface area contributed by atoms with Crippen LogP contribution in [0.15, 0.2) is 47.3 Å². The molecule has 2 atom stereocenters. The highest BCUT2D eigenvalue weighted by molar-refractivity contribution is 5.82. The van der Waals surface area contributed by atoms with E-state index < -0.39 is 6.10 Å². The summed E-state index contributed by atoms with van der Waals surface area (Å²) in [5.41, 5.74) is 1.05. The van der Waals surface area contributed by atoms with Gasteiger partial charge in [0.15, 0.2) is 11.5 Å². The van der Waals surface area contributed by atoms with E-state index in [1.165, 1.54) is 0 Å². The van der Waals surface area contributed by atoms with Gasteiger partial charge in [-0.05, 0) is 37.1 Å². The van der Waals surface area contributed by atoms with E-state index in [-0.39, 0.29) is 18.6 Å². The Morgan fingerprint density at radius 3 is 2.90 bits per heavy atom. The van der Waals surface area contributed by atoms with Crippen LogP contribution in [0.2, 0.25) is 0 Å². The molecule has 1 amide bonds. The van der Waals surface area contributed by atoms with Crippen LogP contribution in [0.3, 0.4) is 0 Å². The summed E-state index contributed by atoms with van der Waals surface area (Å²) in [5, 5.41) is 2.93. The Balaban J connectivity index is 1.56. The van der Waals surface area contributed by atoms with Crippen molar-refractivity contribution in [1.29, 1.82) is 0 Å². The molecular formula is C16H17NO4. The molecule has 110 valence electrons. The number of benzene rings is 1. The van der Waals surface area contributed by atoms with Crippen LogP contribution in [0, 0.1) is 0 Å². The number of para-hydroxylation sites is 2. The van der Waals surface area contributed by atoms with Gasteiger partial charge in [0.25, 0.3) is 5.91 Å². The van der Waals surface area contributed by atoms with Crippen LogP contribution in [0.4, 0.5) is 0 Å². The zero-order valence-electron chi connectivity index (χ0n) is 11.7. The smallest absolute Gasteiger partial charge is 0.264 e. The molecule has 1 aliphatic rings. The summed E-state index contributed by atoms with van der Waals surface area (Å²) in [6.07, 6.45) is 3.40. The molecule has 3 rings (SSSR count). The second-order valence-electron chi connectivity index (χ2n) is 5.11. The number of hydrogen-bond donors (Lipinski definition) is 1. The minimum Gasteiger partial charge on any atom is -0.485 e. The van der Waals surface area contributed by atoms with E-state index in [1.54, 1.807) is 18.6 Å². The lowest BCUT2D eigenvalue weighted by Gasteiger charge is -2.26. The molecular weight excluding hydrogens is 270 g/mol. The van der Waals surface area contributed by atoms with Gasteiger partial charge < -0.3 is 19.2 Å². The molecule has 1 aromatic heterocycles. The van der Waals surface area contributed by atoms with Gasteiger partial charge in [0.1, 0.15) is 6.61 Å². The summed E-state index contributed by atoms with van der Waals surface area (Å²) in [7, 11) is 0. The molecule has 0 bridgehead atoms. The largest absolute Gasteiger partial charge is 0.485 e. The molecule has 0 saturated heterocycles. The van der Waals surface area contributed by atoms with Crippen molar-refractivity contribution in [3.05, 3.63) is 48.4 Å². The zero-order valence-corrected chi connectivity index (χ0v) is 11.7. The number of ether oxygens (including phenoxy) is 2. The Morgan fingerprint density at radius 1 is 1.33 bits per heavy atom. The predicted molar refractivity (Wildman–Crippen MR) is 76.4 cm³/mol. The number of fused-ring (bicyclic) bond motifs is 1. The minimum absolute atomic E-state index is 0.00382. The van der Waals surface area contributed by atoms with E-state index in [0.29, 0.717) is 17.9 Å². The first-order chi connectivity index (χ1) is 10.2. The van der Waals surface area contributed by atoms with E-state index in [1.807, 2.05) is 31.2 Å². The van der Waals surface area contributed by atoms with E-state index in [9.17, 15) is 4.79 Å². The summed E-state index contributed by atoms with van der Waals surface area (Å²) in [4.78, 5) is 12.2. The molecule has 0 radical (unpaired) electrons. The first-order valence-corrected chi connectivity index (χ1v) is 6.92. The lowest BCUT2D eigenvalue weighted by atomic mass is 10.1. The van der Waals surface area contributed by atoms with Crippen molar-refractivity contribution in [1.82, 2.24) is 5.32 Å². The van der Waals surface area contributed by atoms with E-state index in [4.69, 9.17) is 13.9 Å². The average Bonchev–Trinajstić information content (AvgIpc) is 2.99. The zero-order chi connectivity index (χ0) is 14.7. The third-order valence-electron chi connectivity index (χ3n) is 3.31. The number of furan rings is 1. The van der Waals surface area contributed by atoms with E-state index >= 15 is 0 Å². The van der Waals surface area contributed by atoms with Gasteiger partial charge in [0, 0.05) is 6.04 Å². The number of amides is 1. The first-order valence-electron chi connectivity index (χ1n) is 6.92. The summed E-state index contributed by atoms with van der Waals surface area (Å²) in [5.74, 6) is 1.11. The summed E-state index contributed by atoms with van der Waals surface area (Å²) in [6, 6.07) is 9.23. The quantitative estimate of drug-likeness (QED) is 0.936. The fourth-order valence-electron chi connectivity index (χ4n) is 2.30. The van der Waals surface area contributed by atoms with Crippen molar-refractivity contribution in [3.63, 3.8) is 0 Å². The maximum absolute atomic E-state index is 12.2. The molecule has 2 unspecified atom stereocenters. The van der Waals surface area contributed by atoms with Crippen LogP contribution < -0.4 is 14.8 Å². The van der Waals surface area contributed by atoms with Crippen molar-refractivity contribution in [2.45, 2.75) is 25.5 Å². The summed E-state index contributed by atoms with van der Waals surface area (Å²) >= 11 is 0. The Morgan fingerprint density at radius 2 is 2.14 bits per heavy atom. The standard InChI is InChI=1S/C16H17NO4/c1-11(8-12-6-7-19-9-12)17-16(18)15-10-20-13-4-2-3-5-14(13)21-15/h2-7,9,11,15H,8,10H2,1H3,(H,17,18). The Kier molecular flexibility index (Phi) is 3.81. The van der Waals surface area contributed by atoms with Crippen LogP contribution in [0.5, 0.6) is 11.5 Å². The number of carbonyl (C=O) groups is 1. The van der Waals surface area contributed by atoms with Crippen LogP contribution in [0.25, 0.3) is 0 Å². The van der Waals surface area contributed by atoms with Gasteiger partial charge in [0.05, 0.1) is 12.5 Å². The monoisotopic (exact) mass is 287 g/mol. The fraction of sp³-hybridized carbons (Fsp3) is 0.312. The van der Waals surface area contributed by atoms with Crippen LogP contribution in [0.1, 0.15) is 12.5 Å². The van der Waals surface area contributed by atoms with Crippen LogP contribution >= 0.6 is 0 Å². The third-order valence-corrected chi connectivity index (χ3v) is 3.31. The number of rotatable bonds is 4. The highest BCUT2D eigenvalue weighted by Gasteiger charge is 2.27. The maximum atomic E-state index is 12.2. The molecule has 5 nitrogen and oxygen atoms in total. The second-order valence-corrected chi connectivity index (χ2v) is 5.11. The highest BCUT2D eigenvalue weighted by Crippen LogP contribution is 2.30. The molecule has 0 spiro atoms. The van der Waals surface area contributed by atoms with Crippen LogP contribution in [-0.4, -0.2) is 24.7 Å². The molecule has 21 heavy (non-hydrogen) atoms. The van der Waals surface area contributed by atoms with Gasteiger partial charge in [-0.1, -0.05) is 12.1 Å². The van der Waals surface area contributed by atoms with Crippen molar-refractivity contribution >= 4 is 5.91 Å². The lowest BCUT2D eigenvalue weighted by molar-refractivity contribution is -0.130. The molecule has 2 heterocycles. The molecule has 0 saturated carbocycles. The number of carbonyl (C=O) groups excluding carboxylic acids is 1. The van der Waals surface area contributed by atoms with Crippen molar-refractivity contribution in [3.8, 4) is 11.5 Å². The van der Waals surface area contributed by atoms with Gasteiger partial charge in [-0.3, -0.25) is 4.79 Å². The fourth-order valence-corrected chi connectivity index (χ4v) is 2.30. The second kappa shape index (κ2) is 5.91. The maximum Gasteiger partial charge on any atom is 0.264 e. The van der Waals surface area contributed by atoms with E-state index in [2.05, 4.69) is 5.32 Å². The molecule has 5 heteroatoms. The molecule has 1 aliphatic heterocycles. The summed E-state index contributed by atoms with van der Waals surface area (Å²) < 4.78 is 16.2. The van der Waals surface area contributed by atoms with Gasteiger partial charge in [-0.15, -0.1) is 0 Å². The van der Waals surface area contributed by atoms with E-state index in [0.717, 1.165) is 5.56 Å². The van der Waals surface area contributed by atoms with Crippen LogP contribution in [-0.2, 0) is 11.2 Å².